The third kappa shape index (κ3) is 3.39. The van der Waals surface area contributed by atoms with Gasteiger partial charge in [-0.15, -0.1) is 11.6 Å². The minimum atomic E-state index is -1.16. The zero-order chi connectivity index (χ0) is 13.0. The van der Waals surface area contributed by atoms with Gasteiger partial charge in [-0.3, -0.25) is 10.1 Å². The molecular formula is C11H14ClNO4. The van der Waals surface area contributed by atoms with Crippen LogP contribution >= 0.6 is 11.6 Å². The van der Waals surface area contributed by atoms with E-state index in [1.807, 2.05) is 0 Å². The van der Waals surface area contributed by atoms with Gasteiger partial charge < -0.3 is 10.2 Å². The Bertz CT molecular complexity index is 410. The Kier molecular flexibility index (Phi) is 4.86. The van der Waals surface area contributed by atoms with Gasteiger partial charge in [-0.05, 0) is 24.5 Å². The average Bonchev–Trinajstić information content (AvgIpc) is 2.28. The molecule has 2 atom stereocenters. The second-order valence-electron chi connectivity index (χ2n) is 3.79. The van der Waals surface area contributed by atoms with Gasteiger partial charge in [0.1, 0.15) is 6.10 Å². The number of halogens is 1. The van der Waals surface area contributed by atoms with Crippen molar-refractivity contribution in [1.82, 2.24) is 0 Å². The maximum absolute atomic E-state index is 10.6. The van der Waals surface area contributed by atoms with E-state index in [1.165, 1.54) is 12.1 Å². The predicted octanol–water partition coefficient (Wildman–Crippen LogP) is 1.93. The van der Waals surface area contributed by atoms with Crippen molar-refractivity contribution in [2.24, 2.45) is 0 Å². The van der Waals surface area contributed by atoms with E-state index in [1.54, 1.807) is 13.0 Å². The highest BCUT2D eigenvalue weighted by Gasteiger charge is 2.21. The number of benzene rings is 1. The summed E-state index contributed by atoms with van der Waals surface area (Å²) in [5.74, 6) is 0.214. The number of hydrogen-bond donors (Lipinski definition) is 2. The molecule has 1 rings (SSSR count). The first-order chi connectivity index (χ1) is 7.97. The Labute approximate surface area is 104 Å². The molecule has 0 amide bonds. The average molecular weight is 260 g/mol. The zero-order valence-corrected chi connectivity index (χ0v) is 10.1. The summed E-state index contributed by atoms with van der Waals surface area (Å²) in [5.41, 5.74) is 0.941. The third-order valence-corrected chi connectivity index (χ3v) is 2.78. The van der Waals surface area contributed by atoms with Crippen molar-refractivity contribution in [2.45, 2.75) is 25.6 Å². The van der Waals surface area contributed by atoms with Crippen LogP contribution in [-0.2, 0) is 0 Å². The monoisotopic (exact) mass is 259 g/mol. The number of nitro groups is 1. The van der Waals surface area contributed by atoms with Crippen molar-refractivity contribution in [3.63, 3.8) is 0 Å². The molecule has 0 saturated heterocycles. The molecule has 0 aliphatic carbocycles. The van der Waals surface area contributed by atoms with Crippen molar-refractivity contribution in [2.75, 3.05) is 5.88 Å². The minimum absolute atomic E-state index is 0.109. The molecule has 0 radical (unpaired) electrons. The van der Waals surface area contributed by atoms with Gasteiger partial charge in [0.2, 0.25) is 0 Å². The summed E-state index contributed by atoms with van der Waals surface area (Å²) in [5, 5.41) is 30.1. The Morgan fingerprint density at radius 3 is 2.65 bits per heavy atom. The van der Waals surface area contributed by atoms with Crippen LogP contribution in [0.25, 0.3) is 0 Å². The smallest absolute Gasteiger partial charge is 0.269 e. The summed E-state index contributed by atoms with van der Waals surface area (Å²) in [6.07, 6.45) is -1.95. The first kappa shape index (κ1) is 13.9. The summed E-state index contributed by atoms with van der Waals surface area (Å²) in [7, 11) is 0. The highest BCUT2D eigenvalue weighted by molar-refractivity contribution is 6.17. The lowest BCUT2D eigenvalue weighted by atomic mass is 9.97. The van der Waals surface area contributed by atoms with Crippen LogP contribution in [0.1, 0.15) is 23.7 Å². The molecule has 0 aromatic heterocycles. The van der Waals surface area contributed by atoms with Crippen LogP contribution in [0.15, 0.2) is 18.2 Å². The van der Waals surface area contributed by atoms with E-state index in [-0.39, 0.29) is 18.0 Å². The van der Waals surface area contributed by atoms with Crippen molar-refractivity contribution in [1.29, 1.82) is 0 Å². The van der Waals surface area contributed by atoms with Crippen LogP contribution in [0.3, 0.4) is 0 Å². The molecule has 0 heterocycles. The lowest BCUT2D eigenvalue weighted by molar-refractivity contribution is -0.385. The van der Waals surface area contributed by atoms with Gasteiger partial charge in [-0.1, -0.05) is 6.07 Å². The highest BCUT2D eigenvalue weighted by atomic mass is 35.5. The Morgan fingerprint density at radius 1 is 1.47 bits per heavy atom. The molecule has 0 fully saturated rings. The topological polar surface area (TPSA) is 83.6 Å². The number of alkyl halides is 1. The van der Waals surface area contributed by atoms with Gasteiger partial charge in [0.15, 0.2) is 0 Å². The summed E-state index contributed by atoms with van der Waals surface area (Å²) < 4.78 is 0. The number of rotatable bonds is 5. The molecule has 1 aromatic rings. The van der Waals surface area contributed by atoms with Crippen molar-refractivity contribution in [3.8, 4) is 0 Å². The normalized spacial score (nSPS) is 14.4. The van der Waals surface area contributed by atoms with Crippen LogP contribution in [0, 0.1) is 17.0 Å². The van der Waals surface area contributed by atoms with Crippen LogP contribution in [0.5, 0.6) is 0 Å². The fraction of sp³-hybridized carbons (Fsp3) is 0.455. The van der Waals surface area contributed by atoms with Crippen LogP contribution in [0.2, 0.25) is 0 Å². The largest absolute Gasteiger partial charge is 0.390 e. The third-order valence-electron chi connectivity index (χ3n) is 2.56. The number of aliphatic hydroxyl groups excluding tert-OH is 2. The quantitative estimate of drug-likeness (QED) is 0.481. The molecular weight excluding hydrogens is 246 g/mol. The van der Waals surface area contributed by atoms with Gasteiger partial charge in [-0.25, -0.2) is 0 Å². The number of nitro benzene ring substituents is 1. The van der Waals surface area contributed by atoms with Crippen molar-refractivity contribution >= 4 is 17.3 Å². The lowest BCUT2D eigenvalue weighted by Gasteiger charge is -2.18. The van der Waals surface area contributed by atoms with E-state index in [0.717, 1.165) is 0 Å². The standard InChI is InChI=1S/C11H14ClNO4/c1-7-2-3-8(13(16)17)6-9(7)11(15)10(14)4-5-12/h2-3,6,10-11,14-15H,4-5H2,1H3. The van der Waals surface area contributed by atoms with E-state index in [9.17, 15) is 20.3 Å². The number of hydrogen-bond acceptors (Lipinski definition) is 4. The molecule has 17 heavy (non-hydrogen) atoms. The molecule has 2 unspecified atom stereocenters. The number of nitrogens with zero attached hydrogens (tertiary/aromatic N) is 1. The molecule has 6 heteroatoms. The molecule has 0 aliphatic rings. The van der Waals surface area contributed by atoms with Gasteiger partial charge in [0.25, 0.3) is 5.69 Å². The molecule has 0 spiro atoms. The van der Waals surface area contributed by atoms with Gasteiger partial charge >= 0.3 is 0 Å². The molecule has 94 valence electrons. The van der Waals surface area contributed by atoms with E-state index in [4.69, 9.17) is 11.6 Å². The van der Waals surface area contributed by atoms with Crippen molar-refractivity contribution in [3.05, 3.63) is 39.4 Å². The van der Waals surface area contributed by atoms with Crippen molar-refractivity contribution < 1.29 is 15.1 Å². The Hall–Kier alpha value is -1.17. The van der Waals surface area contributed by atoms with Crippen LogP contribution in [-0.4, -0.2) is 27.1 Å². The fourth-order valence-corrected chi connectivity index (χ4v) is 1.76. The lowest BCUT2D eigenvalue weighted by Crippen LogP contribution is -2.19. The summed E-state index contributed by atoms with van der Waals surface area (Å²) >= 11 is 5.47. The number of aryl methyl sites for hydroxylation is 1. The Balaban J connectivity index is 3.03. The highest BCUT2D eigenvalue weighted by Crippen LogP contribution is 2.26. The summed E-state index contributed by atoms with van der Waals surface area (Å²) in [4.78, 5) is 10.1. The van der Waals surface area contributed by atoms with E-state index in [2.05, 4.69) is 0 Å². The fourth-order valence-electron chi connectivity index (χ4n) is 1.54. The Morgan fingerprint density at radius 2 is 2.12 bits per heavy atom. The maximum Gasteiger partial charge on any atom is 0.269 e. The van der Waals surface area contributed by atoms with Crippen LogP contribution < -0.4 is 0 Å². The van der Waals surface area contributed by atoms with Gasteiger partial charge in [0.05, 0.1) is 11.0 Å². The summed E-state index contributed by atoms with van der Waals surface area (Å²) in [6, 6.07) is 4.18. The molecule has 2 N–H and O–H groups in total. The molecule has 0 saturated carbocycles. The number of non-ortho nitro benzene ring substituents is 1. The first-order valence-corrected chi connectivity index (χ1v) is 5.68. The maximum atomic E-state index is 10.6. The zero-order valence-electron chi connectivity index (χ0n) is 9.34. The molecule has 0 bridgehead atoms. The summed E-state index contributed by atoms with van der Waals surface area (Å²) in [6.45, 7) is 1.72. The second-order valence-corrected chi connectivity index (χ2v) is 4.17. The minimum Gasteiger partial charge on any atom is -0.390 e. The molecule has 1 aromatic carbocycles. The predicted molar refractivity (Wildman–Crippen MR) is 64.1 cm³/mol. The first-order valence-electron chi connectivity index (χ1n) is 5.14. The second kappa shape index (κ2) is 5.95. The van der Waals surface area contributed by atoms with Crippen LogP contribution in [0.4, 0.5) is 5.69 Å². The SMILES string of the molecule is Cc1ccc([N+](=O)[O-])cc1C(O)C(O)CCCl. The van der Waals surface area contributed by atoms with E-state index in [0.29, 0.717) is 11.1 Å². The molecule has 0 aliphatic heterocycles. The van der Waals surface area contributed by atoms with E-state index >= 15 is 0 Å². The van der Waals surface area contributed by atoms with Gasteiger partial charge in [0, 0.05) is 18.0 Å². The molecule has 5 nitrogen and oxygen atoms in total. The number of aliphatic hydroxyl groups is 2. The van der Waals surface area contributed by atoms with Gasteiger partial charge in [-0.2, -0.15) is 0 Å². The van der Waals surface area contributed by atoms with E-state index < -0.39 is 17.1 Å².